The van der Waals surface area contributed by atoms with Gasteiger partial charge in [0.25, 0.3) is 11.8 Å². The second-order valence-electron chi connectivity index (χ2n) is 8.56. The Hall–Kier alpha value is -4.01. The molecule has 40 heavy (non-hydrogen) atoms. The van der Waals surface area contributed by atoms with E-state index in [9.17, 15) is 9.59 Å². The van der Waals surface area contributed by atoms with E-state index >= 15 is 0 Å². The molecule has 3 aromatic rings. The van der Waals surface area contributed by atoms with Gasteiger partial charge in [-0.25, -0.2) is 5.43 Å². The number of hydrazone groups is 1. The van der Waals surface area contributed by atoms with Gasteiger partial charge in [-0.15, -0.1) is 0 Å². The quantitative estimate of drug-likeness (QED) is 0.146. The average molecular weight is 585 g/mol. The fourth-order valence-electron chi connectivity index (χ4n) is 3.55. The Labute approximate surface area is 243 Å². The van der Waals surface area contributed by atoms with Crippen molar-refractivity contribution in [2.75, 3.05) is 13.2 Å². The second kappa shape index (κ2) is 15.5. The van der Waals surface area contributed by atoms with Crippen LogP contribution in [0.2, 0.25) is 10.0 Å². The first-order valence-corrected chi connectivity index (χ1v) is 13.4. The first-order valence-electron chi connectivity index (χ1n) is 12.6. The van der Waals surface area contributed by atoms with E-state index in [1.54, 1.807) is 43.3 Å². The number of hydrogen-bond donors (Lipinski definition) is 2. The van der Waals surface area contributed by atoms with Crippen molar-refractivity contribution in [2.45, 2.75) is 32.4 Å². The molecular weight excluding hydrogens is 553 g/mol. The predicted octanol–water partition coefficient (Wildman–Crippen LogP) is 5.60. The Morgan fingerprint density at radius 1 is 0.975 bits per heavy atom. The van der Waals surface area contributed by atoms with Crippen LogP contribution < -0.4 is 25.0 Å². The highest BCUT2D eigenvalue weighted by Gasteiger charge is 2.25. The lowest BCUT2D eigenvalue weighted by atomic mass is 10.1. The molecule has 0 aliphatic rings. The monoisotopic (exact) mass is 583 g/mol. The molecule has 3 rings (SSSR count). The Morgan fingerprint density at radius 2 is 1.73 bits per heavy atom. The molecule has 2 amide bonds. The zero-order chi connectivity index (χ0) is 28.9. The smallest absolute Gasteiger partial charge is 0.262 e. The lowest BCUT2D eigenvalue weighted by Gasteiger charge is -2.21. The van der Waals surface area contributed by atoms with E-state index < -0.39 is 24.0 Å². The molecule has 0 heterocycles. The maximum Gasteiger partial charge on any atom is 0.262 e. The minimum atomic E-state index is -0.938. The molecule has 0 saturated heterocycles. The number of nitrogens with zero attached hydrogens (tertiary/aromatic N) is 1. The molecule has 0 fully saturated rings. The summed E-state index contributed by atoms with van der Waals surface area (Å²) in [5.74, 6) is 0.423. The Bertz CT molecular complexity index is 1330. The number of amides is 2. The van der Waals surface area contributed by atoms with Crippen molar-refractivity contribution in [1.29, 1.82) is 0 Å². The summed E-state index contributed by atoms with van der Waals surface area (Å²) in [6.45, 7) is 7.88. The average Bonchev–Trinajstić information content (AvgIpc) is 2.94. The van der Waals surface area contributed by atoms with Gasteiger partial charge in [-0.1, -0.05) is 66.2 Å². The molecule has 0 unspecified atom stereocenters. The normalized spacial score (nSPS) is 12.3. The van der Waals surface area contributed by atoms with Crippen LogP contribution in [0.15, 0.2) is 84.5 Å². The molecule has 0 aliphatic carbocycles. The molecular formula is C30H31Cl2N3O5. The van der Waals surface area contributed by atoms with Gasteiger partial charge in [0.1, 0.15) is 18.4 Å². The molecule has 10 heteroatoms. The SMILES string of the molecule is C=CCOc1ccc(/C=N\NC(=O)[C@@H](Cc2ccccc2)NC(=O)[C@H](C)Oc2ccc(Cl)cc2Cl)cc1OCC. The summed E-state index contributed by atoms with van der Waals surface area (Å²) >= 11 is 12.1. The van der Waals surface area contributed by atoms with Gasteiger partial charge in [-0.2, -0.15) is 5.10 Å². The molecule has 0 bridgehead atoms. The molecule has 0 spiro atoms. The number of ether oxygens (including phenoxy) is 3. The van der Waals surface area contributed by atoms with Crippen molar-refractivity contribution < 1.29 is 23.8 Å². The van der Waals surface area contributed by atoms with Crippen LogP contribution in [0.25, 0.3) is 0 Å². The van der Waals surface area contributed by atoms with Crippen LogP contribution >= 0.6 is 23.2 Å². The number of halogens is 2. The van der Waals surface area contributed by atoms with E-state index in [2.05, 4.69) is 22.4 Å². The fraction of sp³-hybridized carbons (Fsp3) is 0.233. The summed E-state index contributed by atoms with van der Waals surface area (Å²) < 4.78 is 17.0. The Balaban J connectivity index is 1.70. The summed E-state index contributed by atoms with van der Waals surface area (Å²) in [6, 6.07) is 18.4. The predicted molar refractivity (Wildman–Crippen MR) is 158 cm³/mol. The van der Waals surface area contributed by atoms with E-state index in [-0.39, 0.29) is 11.4 Å². The Morgan fingerprint density at radius 3 is 2.42 bits per heavy atom. The number of hydrogen-bond acceptors (Lipinski definition) is 6. The summed E-state index contributed by atoms with van der Waals surface area (Å²) in [5, 5.41) is 7.56. The standard InChI is InChI=1S/C30H31Cl2N3O5/c1-4-15-39-27-13-11-22(17-28(27)38-5-2)19-33-35-30(37)25(16-21-9-7-6-8-10-21)34-29(36)20(3)40-26-14-12-23(31)18-24(26)32/h4,6-14,17-20,25H,1,5,15-16H2,2-3H3,(H,34,36)(H,35,37)/b33-19-/t20-,25+/m0/s1. The molecule has 0 radical (unpaired) electrons. The van der Waals surface area contributed by atoms with E-state index in [4.69, 9.17) is 37.4 Å². The molecule has 0 aliphatic heterocycles. The number of carbonyl (C=O) groups excluding carboxylic acids is 2. The minimum Gasteiger partial charge on any atom is -0.490 e. The summed E-state index contributed by atoms with van der Waals surface area (Å²) in [5.41, 5.74) is 4.05. The highest BCUT2D eigenvalue weighted by Crippen LogP contribution is 2.29. The fourth-order valence-corrected chi connectivity index (χ4v) is 4.01. The molecule has 3 aromatic carbocycles. The largest absolute Gasteiger partial charge is 0.490 e. The van der Waals surface area contributed by atoms with Crippen LogP contribution in [0.3, 0.4) is 0 Å². The van der Waals surface area contributed by atoms with Gasteiger partial charge in [0.05, 0.1) is 17.8 Å². The van der Waals surface area contributed by atoms with Gasteiger partial charge in [-0.05, 0) is 61.4 Å². The maximum absolute atomic E-state index is 13.1. The van der Waals surface area contributed by atoms with E-state index in [1.807, 2.05) is 37.3 Å². The first kappa shape index (κ1) is 30.5. The summed E-state index contributed by atoms with van der Waals surface area (Å²) in [6.07, 6.45) is 2.43. The molecule has 2 atom stereocenters. The number of benzene rings is 3. The number of carbonyl (C=O) groups is 2. The van der Waals surface area contributed by atoms with Gasteiger partial charge in [0.15, 0.2) is 17.6 Å². The van der Waals surface area contributed by atoms with Crippen molar-refractivity contribution in [3.8, 4) is 17.2 Å². The molecule has 2 N–H and O–H groups in total. The van der Waals surface area contributed by atoms with Crippen LogP contribution in [0.1, 0.15) is 25.0 Å². The first-order chi connectivity index (χ1) is 19.3. The van der Waals surface area contributed by atoms with Crippen LogP contribution in [-0.2, 0) is 16.0 Å². The third kappa shape index (κ3) is 9.32. The van der Waals surface area contributed by atoms with Crippen LogP contribution in [0.4, 0.5) is 0 Å². The lowest BCUT2D eigenvalue weighted by Crippen LogP contribution is -2.50. The lowest BCUT2D eigenvalue weighted by molar-refractivity contribution is -0.132. The van der Waals surface area contributed by atoms with Gasteiger partial charge in [0, 0.05) is 11.4 Å². The maximum atomic E-state index is 13.1. The highest BCUT2D eigenvalue weighted by atomic mass is 35.5. The second-order valence-corrected chi connectivity index (χ2v) is 9.40. The Kier molecular flexibility index (Phi) is 11.9. The van der Waals surface area contributed by atoms with Gasteiger partial charge in [0.2, 0.25) is 0 Å². The van der Waals surface area contributed by atoms with Gasteiger partial charge in [-0.3, -0.25) is 9.59 Å². The summed E-state index contributed by atoms with van der Waals surface area (Å²) in [4.78, 5) is 26.1. The molecule has 0 aromatic heterocycles. The van der Waals surface area contributed by atoms with Crippen LogP contribution in [0.5, 0.6) is 17.2 Å². The number of rotatable bonds is 14. The minimum absolute atomic E-state index is 0.242. The zero-order valence-electron chi connectivity index (χ0n) is 22.2. The topological polar surface area (TPSA) is 98.2 Å². The molecule has 8 nitrogen and oxygen atoms in total. The van der Waals surface area contributed by atoms with E-state index in [1.165, 1.54) is 12.3 Å². The van der Waals surface area contributed by atoms with Crippen molar-refractivity contribution in [1.82, 2.24) is 10.7 Å². The van der Waals surface area contributed by atoms with Crippen molar-refractivity contribution in [3.05, 3.63) is 101 Å². The third-order valence-electron chi connectivity index (χ3n) is 5.50. The van der Waals surface area contributed by atoms with Crippen LogP contribution in [-0.4, -0.2) is 43.4 Å². The third-order valence-corrected chi connectivity index (χ3v) is 6.03. The van der Waals surface area contributed by atoms with Gasteiger partial charge < -0.3 is 19.5 Å². The zero-order valence-corrected chi connectivity index (χ0v) is 23.7. The highest BCUT2D eigenvalue weighted by molar-refractivity contribution is 6.35. The van der Waals surface area contributed by atoms with Crippen LogP contribution in [0, 0.1) is 0 Å². The molecule has 210 valence electrons. The van der Waals surface area contributed by atoms with Gasteiger partial charge >= 0.3 is 0 Å². The summed E-state index contributed by atoms with van der Waals surface area (Å²) in [7, 11) is 0. The van der Waals surface area contributed by atoms with Crippen molar-refractivity contribution >= 4 is 41.2 Å². The number of nitrogens with one attached hydrogen (secondary N) is 2. The van der Waals surface area contributed by atoms with Crippen molar-refractivity contribution in [2.24, 2.45) is 5.10 Å². The van der Waals surface area contributed by atoms with Crippen molar-refractivity contribution in [3.63, 3.8) is 0 Å². The van der Waals surface area contributed by atoms with E-state index in [0.29, 0.717) is 41.0 Å². The van der Waals surface area contributed by atoms with E-state index in [0.717, 1.165) is 5.56 Å². The molecule has 0 saturated carbocycles.